The van der Waals surface area contributed by atoms with Crippen LogP contribution in [0.1, 0.15) is 16.7 Å². The maximum atomic E-state index is 5.94. The first-order valence-corrected chi connectivity index (χ1v) is 8.50. The summed E-state index contributed by atoms with van der Waals surface area (Å²) in [6.45, 7) is 7.41. The van der Waals surface area contributed by atoms with Crippen molar-refractivity contribution < 1.29 is 4.90 Å². The van der Waals surface area contributed by atoms with Crippen molar-refractivity contribution in [1.82, 2.24) is 5.01 Å². The van der Waals surface area contributed by atoms with Crippen LogP contribution in [-0.2, 0) is 6.54 Å². The molecule has 2 aromatic rings. The molecule has 4 heteroatoms. The van der Waals surface area contributed by atoms with Gasteiger partial charge in [-0.2, -0.15) is 5.10 Å². The van der Waals surface area contributed by atoms with E-state index in [0.717, 1.165) is 43.3 Å². The van der Waals surface area contributed by atoms with E-state index in [4.69, 9.17) is 11.6 Å². The van der Waals surface area contributed by atoms with Gasteiger partial charge < -0.3 is 4.90 Å². The summed E-state index contributed by atoms with van der Waals surface area (Å²) in [5.74, 6) is 0. The molecule has 0 aromatic heterocycles. The normalized spacial score (nSPS) is 16.2. The van der Waals surface area contributed by atoms with E-state index in [0.29, 0.717) is 0 Å². The number of nitrogens with one attached hydrogen (secondary N) is 1. The molecule has 1 fully saturated rings. The highest BCUT2D eigenvalue weighted by atomic mass is 35.5. The van der Waals surface area contributed by atoms with Crippen LogP contribution in [0.5, 0.6) is 0 Å². The summed E-state index contributed by atoms with van der Waals surface area (Å²) < 4.78 is 0. The predicted octanol–water partition coefficient (Wildman–Crippen LogP) is 2.38. The van der Waals surface area contributed by atoms with Crippen molar-refractivity contribution in [3.63, 3.8) is 0 Å². The zero-order chi connectivity index (χ0) is 16.1. The standard InChI is InChI=1S/C19H22ClN3/c1-16-2-4-17(5-3-16)14-21-23-12-10-22(11-13-23)15-18-6-8-19(20)9-7-18/h2-9,14H,10-13,15H2,1H3/p+1. The van der Waals surface area contributed by atoms with Gasteiger partial charge in [-0.05, 0) is 24.6 Å². The van der Waals surface area contributed by atoms with Gasteiger partial charge in [0.05, 0.1) is 32.4 Å². The molecule has 0 saturated carbocycles. The smallest absolute Gasteiger partial charge is 0.103 e. The molecule has 0 bridgehead atoms. The molecule has 3 rings (SSSR count). The zero-order valence-electron chi connectivity index (χ0n) is 13.5. The zero-order valence-corrected chi connectivity index (χ0v) is 14.3. The summed E-state index contributed by atoms with van der Waals surface area (Å²) in [4.78, 5) is 1.61. The molecule has 0 spiro atoms. The highest BCUT2D eigenvalue weighted by Crippen LogP contribution is 2.08. The minimum Gasteiger partial charge on any atom is -0.328 e. The fraction of sp³-hybridized carbons (Fsp3) is 0.316. The van der Waals surface area contributed by atoms with E-state index in [1.54, 1.807) is 4.90 Å². The van der Waals surface area contributed by atoms with Crippen molar-refractivity contribution in [2.45, 2.75) is 13.5 Å². The van der Waals surface area contributed by atoms with Crippen LogP contribution in [0.3, 0.4) is 0 Å². The number of piperazine rings is 1. The van der Waals surface area contributed by atoms with E-state index in [9.17, 15) is 0 Å². The van der Waals surface area contributed by atoms with Crippen LogP contribution in [0.25, 0.3) is 0 Å². The Bertz CT molecular complexity index is 641. The van der Waals surface area contributed by atoms with Crippen molar-refractivity contribution in [1.29, 1.82) is 0 Å². The van der Waals surface area contributed by atoms with Crippen LogP contribution in [0.2, 0.25) is 5.02 Å². The van der Waals surface area contributed by atoms with Gasteiger partial charge in [-0.25, -0.2) is 0 Å². The van der Waals surface area contributed by atoms with E-state index >= 15 is 0 Å². The summed E-state index contributed by atoms with van der Waals surface area (Å²) in [6.07, 6.45) is 1.96. The highest BCUT2D eigenvalue weighted by molar-refractivity contribution is 6.30. The predicted molar refractivity (Wildman–Crippen MR) is 96.2 cm³/mol. The third-order valence-electron chi connectivity index (χ3n) is 4.26. The number of aryl methyl sites for hydroxylation is 1. The van der Waals surface area contributed by atoms with Gasteiger partial charge in [0.15, 0.2) is 0 Å². The Kier molecular flexibility index (Phi) is 5.31. The molecule has 2 aromatic carbocycles. The van der Waals surface area contributed by atoms with Crippen molar-refractivity contribution in [3.05, 3.63) is 70.2 Å². The molecule has 0 unspecified atom stereocenters. The quantitative estimate of drug-likeness (QED) is 0.854. The molecule has 1 aliphatic heterocycles. The number of rotatable bonds is 4. The maximum Gasteiger partial charge on any atom is 0.103 e. The van der Waals surface area contributed by atoms with E-state index in [2.05, 4.69) is 53.4 Å². The van der Waals surface area contributed by atoms with Gasteiger partial charge in [-0.3, -0.25) is 5.01 Å². The number of nitrogens with zero attached hydrogens (tertiary/aromatic N) is 2. The number of benzene rings is 2. The molecule has 0 amide bonds. The molecule has 1 aliphatic rings. The third-order valence-corrected chi connectivity index (χ3v) is 4.51. The largest absolute Gasteiger partial charge is 0.328 e. The average Bonchev–Trinajstić information content (AvgIpc) is 2.58. The Balaban J connectivity index is 1.48. The lowest BCUT2D eigenvalue weighted by Gasteiger charge is -2.30. The molecule has 23 heavy (non-hydrogen) atoms. The number of halogens is 1. The summed E-state index contributed by atoms with van der Waals surface area (Å²) in [5, 5.41) is 7.59. The summed E-state index contributed by atoms with van der Waals surface area (Å²) in [6, 6.07) is 16.7. The van der Waals surface area contributed by atoms with Crippen LogP contribution >= 0.6 is 11.6 Å². The van der Waals surface area contributed by atoms with Crippen molar-refractivity contribution in [2.75, 3.05) is 26.2 Å². The van der Waals surface area contributed by atoms with E-state index in [-0.39, 0.29) is 0 Å². The van der Waals surface area contributed by atoms with Gasteiger partial charge in [0, 0.05) is 10.6 Å². The Morgan fingerprint density at radius 2 is 1.70 bits per heavy atom. The van der Waals surface area contributed by atoms with Crippen LogP contribution in [0.15, 0.2) is 53.6 Å². The van der Waals surface area contributed by atoms with E-state index < -0.39 is 0 Å². The molecule has 0 radical (unpaired) electrons. The minimum atomic E-state index is 0.805. The van der Waals surface area contributed by atoms with Gasteiger partial charge >= 0.3 is 0 Å². The van der Waals surface area contributed by atoms with Gasteiger partial charge in [0.2, 0.25) is 0 Å². The Morgan fingerprint density at radius 3 is 2.35 bits per heavy atom. The Hall–Kier alpha value is -1.84. The molecule has 1 N–H and O–H groups in total. The monoisotopic (exact) mass is 328 g/mol. The first-order valence-electron chi connectivity index (χ1n) is 8.13. The molecular formula is C19H23ClN3+. The van der Waals surface area contributed by atoms with Crippen LogP contribution in [-0.4, -0.2) is 37.4 Å². The maximum absolute atomic E-state index is 5.94. The lowest BCUT2D eigenvalue weighted by Crippen LogP contribution is -3.13. The molecule has 1 heterocycles. The molecular weight excluding hydrogens is 306 g/mol. The molecule has 0 atom stereocenters. The lowest BCUT2D eigenvalue weighted by molar-refractivity contribution is -0.918. The fourth-order valence-electron chi connectivity index (χ4n) is 2.80. The first-order chi connectivity index (χ1) is 11.2. The second kappa shape index (κ2) is 7.62. The number of quaternary nitrogens is 1. The van der Waals surface area contributed by atoms with Crippen LogP contribution < -0.4 is 4.90 Å². The van der Waals surface area contributed by atoms with Crippen LogP contribution in [0.4, 0.5) is 0 Å². The topological polar surface area (TPSA) is 20.0 Å². The van der Waals surface area contributed by atoms with Crippen molar-refractivity contribution >= 4 is 17.8 Å². The number of hydrogen-bond acceptors (Lipinski definition) is 2. The average molecular weight is 329 g/mol. The number of hydrogen-bond donors (Lipinski definition) is 1. The Morgan fingerprint density at radius 1 is 1.04 bits per heavy atom. The van der Waals surface area contributed by atoms with Gasteiger partial charge in [0.1, 0.15) is 6.54 Å². The van der Waals surface area contributed by atoms with E-state index in [1.165, 1.54) is 11.1 Å². The van der Waals surface area contributed by atoms with Crippen molar-refractivity contribution in [3.8, 4) is 0 Å². The molecule has 0 aliphatic carbocycles. The second-order valence-electron chi connectivity index (χ2n) is 6.16. The summed E-state index contributed by atoms with van der Waals surface area (Å²) in [5.41, 5.74) is 3.79. The lowest BCUT2D eigenvalue weighted by atomic mass is 10.2. The summed E-state index contributed by atoms with van der Waals surface area (Å²) in [7, 11) is 0. The third kappa shape index (κ3) is 4.81. The Labute approximate surface area is 143 Å². The molecule has 1 saturated heterocycles. The minimum absolute atomic E-state index is 0.805. The first kappa shape index (κ1) is 16.0. The van der Waals surface area contributed by atoms with Crippen molar-refractivity contribution in [2.24, 2.45) is 5.10 Å². The highest BCUT2D eigenvalue weighted by Gasteiger charge is 2.18. The molecule has 3 nitrogen and oxygen atoms in total. The molecule has 120 valence electrons. The summed E-state index contributed by atoms with van der Waals surface area (Å²) >= 11 is 5.94. The number of hydrazone groups is 1. The SMILES string of the molecule is Cc1ccc(C=NN2CC[NH+](Cc3ccc(Cl)cc3)CC2)cc1. The fourth-order valence-corrected chi connectivity index (χ4v) is 2.92. The van der Waals surface area contributed by atoms with Gasteiger partial charge in [-0.1, -0.05) is 53.6 Å². The van der Waals surface area contributed by atoms with Crippen LogP contribution in [0, 0.1) is 6.92 Å². The van der Waals surface area contributed by atoms with Gasteiger partial charge in [-0.15, -0.1) is 0 Å². The van der Waals surface area contributed by atoms with E-state index in [1.807, 2.05) is 18.3 Å². The van der Waals surface area contributed by atoms with Gasteiger partial charge in [0.25, 0.3) is 0 Å². The second-order valence-corrected chi connectivity index (χ2v) is 6.60.